The van der Waals surface area contributed by atoms with Crippen molar-refractivity contribution in [1.29, 1.82) is 5.26 Å². The first-order valence-corrected chi connectivity index (χ1v) is 4.06. The van der Waals surface area contributed by atoms with E-state index in [9.17, 15) is 0 Å². The SMILES string of the molecule is COCCOc1nccc(C#N)c1N. The second-order valence-electron chi connectivity index (χ2n) is 2.53. The van der Waals surface area contributed by atoms with E-state index in [2.05, 4.69) is 4.98 Å². The first-order chi connectivity index (χ1) is 6.79. The lowest BCUT2D eigenvalue weighted by atomic mass is 10.2. The van der Waals surface area contributed by atoms with Gasteiger partial charge >= 0.3 is 0 Å². The molecular weight excluding hydrogens is 182 g/mol. The first-order valence-electron chi connectivity index (χ1n) is 4.06. The van der Waals surface area contributed by atoms with Gasteiger partial charge in [-0.3, -0.25) is 0 Å². The third-order valence-corrected chi connectivity index (χ3v) is 1.60. The van der Waals surface area contributed by atoms with E-state index in [4.69, 9.17) is 20.5 Å². The highest BCUT2D eigenvalue weighted by Gasteiger charge is 2.06. The number of ether oxygens (including phenoxy) is 2. The van der Waals surface area contributed by atoms with Crippen molar-refractivity contribution >= 4 is 5.69 Å². The normalized spacial score (nSPS) is 9.43. The third-order valence-electron chi connectivity index (χ3n) is 1.60. The number of nitriles is 1. The monoisotopic (exact) mass is 193 g/mol. The highest BCUT2D eigenvalue weighted by atomic mass is 16.5. The van der Waals surface area contributed by atoms with Crippen molar-refractivity contribution in [2.75, 3.05) is 26.1 Å². The summed E-state index contributed by atoms with van der Waals surface area (Å²) in [4.78, 5) is 3.90. The lowest BCUT2D eigenvalue weighted by Gasteiger charge is -2.07. The van der Waals surface area contributed by atoms with E-state index < -0.39 is 0 Å². The van der Waals surface area contributed by atoms with Crippen LogP contribution in [0.15, 0.2) is 12.3 Å². The van der Waals surface area contributed by atoms with Crippen molar-refractivity contribution in [2.45, 2.75) is 0 Å². The molecule has 0 aliphatic heterocycles. The molecule has 0 aliphatic carbocycles. The van der Waals surface area contributed by atoms with Crippen LogP contribution in [0.2, 0.25) is 0 Å². The Morgan fingerprint density at radius 3 is 3.00 bits per heavy atom. The lowest BCUT2D eigenvalue weighted by molar-refractivity contribution is 0.144. The van der Waals surface area contributed by atoms with Gasteiger partial charge in [-0.05, 0) is 6.07 Å². The van der Waals surface area contributed by atoms with Gasteiger partial charge in [0.15, 0.2) is 0 Å². The summed E-state index contributed by atoms with van der Waals surface area (Å²) < 4.78 is 10.0. The number of anilines is 1. The maximum atomic E-state index is 8.68. The number of nitrogen functional groups attached to an aromatic ring is 1. The van der Waals surface area contributed by atoms with Crippen LogP contribution in [0.3, 0.4) is 0 Å². The minimum atomic E-state index is 0.270. The standard InChI is InChI=1S/C9H11N3O2/c1-13-4-5-14-9-8(11)7(6-10)2-3-12-9/h2-3H,4-5,11H2,1H3. The Bertz CT molecular complexity index is 346. The van der Waals surface area contributed by atoms with Crippen LogP contribution in [0.4, 0.5) is 5.69 Å². The summed E-state index contributed by atoms with van der Waals surface area (Å²) in [6.07, 6.45) is 1.48. The molecule has 0 aromatic carbocycles. The van der Waals surface area contributed by atoms with Gasteiger partial charge in [0.25, 0.3) is 0 Å². The molecule has 1 aromatic heterocycles. The van der Waals surface area contributed by atoms with E-state index in [0.717, 1.165) is 0 Å². The molecule has 1 aromatic rings. The van der Waals surface area contributed by atoms with Gasteiger partial charge in [0.1, 0.15) is 18.4 Å². The van der Waals surface area contributed by atoms with Gasteiger partial charge in [0, 0.05) is 13.3 Å². The predicted molar refractivity (Wildman–Crippen MR) is 50.7 cm³/mol. The Labute approximate surface area is 82.1 Å². The molecule has 1 heterocycles. The lowest BCUT2D eigenvalue weighted by Crippen LogP contribution is -2.07. The molecule has 1 rings (SSSR count). The summed E-state index contributed by atoms with van der Waals surface area (Å²) in [6.45, 7) is 0.820. The Morgan fingerprint density at radius 1 is 1.57 bits per heavy atom. The maximum absolute atomic E-state index is 8.68. The molecule has 0 unspecified atom stereocenters. The number of hydrogen-bond donors (Lipinski definition) is 1. The average Bonchev–Trinajstić information content (AvgIpc) is 2.21. The fourth-order valence-electron chi connectivity index (χ4n) is 0.888. The second-order valence-corrected chi connectivity index (χ2v) is 2.53. The van der Waals surface area contributed by atoms with Crippen LogP contribution in [0.1, 0.15) is 5.56 Å². The second kappa shape index (κ2) is 5.04. The molecule has 0 saturated carbocycles. The molecule has 0 amide bonds. The van der Waals surface area contributed by atoms with Crippen LogP contribution >= 0.6 is 0 Å². The van der Waals surface area contributed by atoms with Crippen molar-refractivity contribution in [1.82, 2.24) is 4.98 Å². The number of nitrogens with zero attached hydrogens (tertiary/aromatic N) is 2. The zero-order valence-corrected chi connectivity index (χ0v) is 7.86. The zero-order chi connectivity index (χ0) is 10.4. The van der Waals surface area contributed by atoms with Crippen molar-refractivity contribution in [3.63, 3.8) is 0 Å². The topological polar surface area (TPSA) is 81.2 Å². The number of hydrogen-bond acceptors (Lipinski definition) is 5. The molecule has 74 valence electrons. The Kier molecular flexibility index (Phi) is 3.70. The first kappa shape index (κ1) is 10.3. The van der Waals surface area contributed by atoms with E-state index >= 15 is 0 Å². The van der Waals surface area contributed by atoms with Crippen molar-refractivity contribution in [2.24, 2.45) is 0 Å². The van der Waals surface area contributed by atoms with Crippen LogP contribution in [0.5, 0.6) is 5.88 Å². The summed E-state index contributed by atoms with van der Waals surface area (Å²) >= 11 is 0. The fourth-order valence-corrected chi connectivity index (χ4v) is 0.888. The number of methoxy groups -OCH3 is 1. The van der Waals surface area contributed by atoms with Crippen LogP contribution in [0.25, 0.3) is 0 Å². The molecule has 5 nitrogen and oxygen atoms in total. The van der Waals surface area contributed by atoms with Crippen LogP contribution < -0.4 is 10.5 Å². The quantitative estimate of drug-likeness (QED) is 0.706. The Balaban J connectivity index is 2.73. The summed E-state index contributed by atoms with van der Waals surface area (Å²) in [7, 11) is 1.58. The molecule has 0 radical (unpaired) electrons. The van der Waals surface area contributed by atoms with Gasteiger partial charge in [-0.2, -0.15) is 5.26 Å². The number of pyridine rings is 1. The molecule has 0 fully saturated rings. The van der Waals surface area contributed by atoms with Gasteiger partial charge in [-0.1, -0.05) is 0 Å². The molecule has 2 N–H and O–H groups in total. The third kappa shape index (κ3) is 2.34. The van der Waals surface area contributed by atoms with Gasteiger partial charge < -0.3 is 15.2 Å². The molecular formula is C9H11N3O2. The minimum Gasteiger partial charge on any atom is -0.474 e. The highest BCUT2D eigenvalue weighted by Crippen LogP contribution is 2.20. The van der Waals surface area contributed by atoms with Crippen LogP contribution in [-0.4, -0.2) is 25.3 Å². The molecule has 5 heteroatoms. The molecule has 0 spiro atoms. The fraction of sp³-hybridized carbons (Fsp3) is 0.333. The maximum Gasteiger partial charge on any atom is 0.238 e. The average molecular weight is 193 g/mol. The smallest absolute Gasteiger partial charge is 0.238 e. The van der Waals surface area contributed by atoms with Crippen LogP contribution in [-0.2, 0) is 4.74 Å². The Morgan fingerprint density at radius 2 is 2.36 bits per heavy atom. The zero-order valence-electron chi connectivity index (χ0n) is 7.86. The predicted octanol–water partition coefficient (Wildman–Crippen LogP) is 0.561. The molecule has 0 aliphatic rings. The number of nitrogens with two attached hydrogens (primary N) is 1. The van der Waals surface area contributed by atoms with Gasteiger partial charge in [-0.25, -0.2) is 4.98 Å². The van der Waals surface area contributed by atoms with Crippen molar-refractivity contribution < 1.29 is 9.47 Å². The Hall–Kier alpha value is -1.80. The molecule has 0 bridgehead atoms. The van der Waals surface area contributed by atoms with E-state index in [0.29, 0.717) is 18.8 Å². The van der Waals surface area contributed by atoms with Gasteiger partial charge in [0.2, 0.25) is 5.88 Å². The number of rotatable bonds is 4. The van der Waals surface area contributed by atoms with E-state index in [1.807, 2.05) is 6.07 Å². The largest absolute Gasteiger partial charge is 0.474 e. The molecule has 14 heavy (non-hydrogen) atoms. The van der Waals surface area contributed by atoms with E-state index in [1.165, 1.54) is 6.20 Å². The minimum absolute atomic E-state index is 0.270. The van der Waals surface area contributed by atoms with Crippen LogP contribution in [0, 0.1) is 11.3 Å². The van der Waals surface area contributed by atoms with Crippen molar-refractivity contribution in [3.8, 4) is 11.9 Å². The van der Waals surface area contributed by atoms with Gasteiger partial charge in [-0.15, -0.1) is 0 Å². The van der Waals surface area contributed by atoms with E-state index in [-0.39, 0.29) is 11.6 Å². The van der Waals surface area contributed by atoms with Gasteiger partial charge in [0.05, 0.1) is 12.2 Å². The van der Waals surface area contributed by atoms with Crippen molar-refractivity contribution in [3.05, 3.63) is 17.8 Å². The molecule has 0 atom stereocenters. The molecule has 0 saturated heterocycles. The summed E-state index contributed by atoms with van der Waals surface area (Å²) in [5.41, 5.74) is 6.26. The summed E-state index contributed by atoms with van der Waals surface area (Å²) in [6, 6.07) is 3.49. The summed E-state index contributed by atoms with van der Waals surface area (Å²) in [5.74, 6) is 0.279. The highest BCUT2D eigenvalue weighted by molar-refractivity contribution is 5.59. The van der Waals surface area contributed by atoms with E-state index in [1.54, 1.807) is 13.2 Å². The summed E-state index contributed by atoms with van der Waals surface area (Å²) in [5, 5.41) is 8.68. The number of aromatic nitrogens is 1.